The Labute approximate surface area is 110 Å². The molecule has 2 aliphatic heterocycles. The fourth-order valence-corrected chi connectivity index (χ4v) is 2.95. The number of nitrogens with one attached hydrogen (secondary N) is 1. The average Bonchev–Trinajstić information content (AvgIpc) is 2.50. The lowest BCUT2D eigenvalue weighted by atomic mass is 9.83. The largest absolute Gasteiger partial charge is 0.444 e. The van der Waals surface area contributed by atoms with Crippen LogP contribution in [0, 0.1) is 11.8 Å². The summed E-state index contributed by atoms with van der Waals surface area (Å²) in [5, 5.41) is 3.49. The van der Waals surface area contributed by atoms with E-state index in [1.807, 2.05) is 25.7 Å². The van der Waals surface area contributed by atoms with Gasteiger partial charge >= 0.3 is 6.09 Å². The third-order valence-electron chi connectivity index (χ3n) is 3.88. The number of likely N-dealkylation sites (tertiary alicyclic amines) is 1. The van der Waals surface area contributed by atoms with Crippen LogP contribution >= 0.6 is 0 Å². The van der Waals surface area contributed by atoms with Crippen LogP contribution in [-0.4, -0.2) is 42.8 Å². The summed E-state index contributed by atoms with van der Waals surface area (Å²) in [6, 6.07) is 0. The standard InChI is InChI=1S/C14H26N2O2/c1-14(2,3)18-13(17)16-8-6-11-9-15-7-4-5-12(11)10-16/h11-12,15H,4-10H2,1-3H3. The van der Waals surface area contributed by atoms with Crippen molar-refractivity contribution in [1.82, 2.24) is 10.2 Å². The fraction of sp³-hybridized carbons (Fsp3) is 0.929. The van der Waals surface area contributed by atoms with E-state index in [1.165, 1.54) is 12.8 Å². The molecule has 0 spiro atoms. The van der Waals surface area contributed by atoms with Crippen molar-refractivity contribution in [2.75, 3.05) is 26.2 Å². The predicted octanol–water partition coefficient (Wildman–Crippen LogP) is 2.24. The SMILES string of the molecule is CC(C)(C)OC(=O)N1CCC2CNCCCC2C1. The third-order valence-corrected chi connectivity index (χ3v) is 3.88. The molecule has 2 aliphatic rings. The minimum atomic E-state index is -0.390. The number of rotatable bonds is 0. The minimum absolute atomic E-state index is 0.141. The third kappa shape index (κ3) is 3.61. The van der Waals surface area contributed by atoms with Crippen molar-refractivity contribution in [2.24, 2.45) is 11.8 Å². The summed E-state index contributed by atoms with van der Waals surface area (Å²) in [6.07, 6.45) is 3.43. The van der Waals surface area contributed by atoms with Crippen molar-refractivity contribution in [1.29, 1.82) is 0 Å². The van der Waals surface area contributed by atoms with E-state index < -0.39 is 0 Å². The topological polar surface area (TPSA) is 41.6 Å². The Morgan fingerprint density at radius 3 is 2.78 bits per heavy atom. The van der Waals surface area contributed by atoms with Crippen molar-refractivity contribution in [3.63, 3.8) is 0 Å². The number of ether oxygens (including phenoxy) is 1. The number of amides is 1. The molecule has 2 unspecified atom stereocenters. The van der Waals surface area contributed by atoms with Crippen molar-refractivity contribution < 1.29 is 9.53 Å². The molecule has 2 fully saturated rings. The highest BCUT2D eigenvalue weighted by Gasteiger charge is 2.33. The molecule has 0 aromatic heterocycles. The molecule has 4 nitrogen and oxygen atoms in total. The van der Waals surface area contributed by atoms with Gasteiger partial charge in [0, 0.05) is 13.1 Å². The Hall–Kier alpha value is -0.770. The lowest BCUT2D eigenvalue weighted by molar-refractivity contribution is 0.0104. The summed E-state index contributed by atoms with van der Waals surface area (Å²) in [5.74, 6) is 1.40. The molecule has 104 valence electrons. The van der Waals surface area contributed by atoms with Gasteiger partial charge in [-0.05, 0) is 65.0 Å². The van der Waals surface area contributed by atoms with Crippen LogP contribution in [0.15, 0.2) is 0 Å². The van der Waals surface area contributed by atoms with Gasteiger partial charge in [0.25, 0.3) is 0 Å². The maximum atomic E-state index is 12.1. The summed E-state index contributed by atoms with van der Waals surface area (Å²) in [6.45, 7) is 9.74. The summed E-state index contributed by atoms with van der Waals surface area (Å²) in [7, 11) is 0. The molecule has 18 heavy (non-hydrogen) atoms. The highest BCUT2D eigenvalue weighted by atomic mass is 16.6. The number of carbonyl (C=O) groups is 1. The summed E-state index contributed by atoms with van der Waals surface area (Å²) in [4.78, 5) is 14.0. The Morgan fingerprint density at radius 1 is 1.28 bits per heavy atom. The molecule has 0 radical (unpaired) electrons. The van der Waals surface area contributed by atoms with Crippen molar-refractivity contribution in [2.45, 2.75) is 45.6 Å². The van der Waals surface area contributed by atoms with Gasteiger partial charge in [0.15, 0.2) is 0 Å². The molecule has 0 aliphatic carbocycles. The number of hydrogen-bond donors (Lipinski definition) is 1. The second-order valence-electron chi connectivity index (χ2n) is 6.58. The van der Waals surface area contributed by atoms with Gasteiger partial charge < -0.3 is 15.0 Å². The molecule has 2 saturated heterocycles. The highest BCUT2D eigenvalue weighted by molar-refractivity contribution is 5.68. The zero-order chi connectivity index (χ0) is 13.2. The zero-order valence-corrected chi connectivity index (χ0v) is 11.9. The minimum Gasteiger partial charge on any atom is -0.444 e. The van der Waals surface area contributed by atoms with E-state index >= 15 is 0 Å². The first-order valence-electron chi connectivity index (χ1n) is 7.14. The Balaban J connectivity index is 1.91. The van der Waals surface area contributed by atoms with E-state index in [-0.39, 0.29) is 11.7 Å². The van der Waals surface area contributed by atoms with Crippen LogP contribution in [0.4, 0.5) is 4.79 Å². The molecule has 0 aromatic carbocycles. The van der Waals surface area contributed by atoms with Crippen LogP contribution in [0.2, 0.25) is 0 Å². The summed E-state index contributed by atoms with van der Waals surface area (Å²) in [5.41, 5.74) is -0.390. The van der Waals surface area contributed by atoms with E-state index in [4.69, 9.17) is 4.74 Å². The van der Waals surface area contributed by atoms with E-state index in [0.717, 1.165) is 38.5 Å². The number of fused-ring (bicyclic) bond motifs is 1. The Bertz CT molecular complexity index is 299. The molecule has 0 bridgehead atoms. The van der Waals surface area contributed by atoms with Gasteiger partial charge in [-0.15, -0.1) is 0 Å². The lowest BCUT2D eigenvalue weighted by Crippen LogP contribution is -2.46. The molecule has 2 atom stereocenters. The molecule has 4 heteroatoms. The van der Waals surface area contributed by atoms with E-state index in [1.54, 1.807) is 0 Å². The molecule has 0 aromatic rings. The summed E-state index contributed by atoms with van der Waals surface area (Å²) < 4.78 is 5.46. The number of nitrogens with zero attached hydrogens (tertiary/aromatic N) is 1. The van der Waals surface area contributed by atoms with Crippen LogP contribution in [0.5, 0.6) is 0 Å². The Kier molecular flexibility index (Phi) is 4.15. The van der Waals surface area contributed by atoms with Crippen LogP contribution in [0.25, 0.3) is 0 Å². The second-order valence-corrected chi connectivity index (χ2v) is 6.58. The molecule has 2 heterocycles. The second kappa shape index (κ2) is 5.47. The molecule has 1 N–H and O–H groups in total. The monoisotopic (exact) mass is 254 g/mol. The van der Waals surface area contributed by atoms with Crippen LogP contribution in [0.1, 0.15) is 40.0 Å². The van der Waals surface area contributed by atoms with Gasteiger partial charge in [-0.3, -0.25) is 0 Å². The maximum absolute atomic E-state index is 12.1. The average molecular weight is 254 g/mol. The van der Waals surface area contributed by atoms with Gasteiger partial charge in [-0.1, -0.05) is 0 Å². The normalized spacial score (nSPS) is 29.4. The zero-order valence-electron chi connectivity index (χ0n) is 11.9. The quantitative estimate of drug-likeness (QED) is 0.721. The number of hydrogen-bond acceptors (Lipinski definition) is 3. The summed E-state index contributed by atoms with van der Waals surface area (Å²) >= 11 is 0. The van der Waals surface area contributed by atoms with Crippen LogP contribution < -0.4 is 5.32 Å². The van der Waals surface area contributed by atoms with Gasteiger partial charge in [0.05, 0.1) is 0 Å². The van der Waals surface area contributed by atoms with Crippen molar-refractivity contribution in [3.8, 4) is 0 Å². The lowest BCUT2D eigenvalue weighted by Gasteiger charge is -2.38. The molecular formula is C14H26N2O2. The predicted molar refractivity (Wildman–Crippen MR) is 71.5 cm³/mol. The van der Waals surface area contributed by atoms with Gasteiger partial charge in [-0.25, -0.2) is 4.79 Å². The number of piperidine rings is 1. The van der Waals surface area contributed by atoms with Crippen molar-refractivity contribution >= 4 is 6.09 Å². The first-order chi connectivity index (χ1) is 8.46. The molecular weight excluding hydrogens is 228 g/mol. The first kappa shape index (κ1) is 13.7. The first-order valence-corrected chi connectivity index (χ1v) is 7.14. The molecule has 0 saturated carbocycles. The Morgan fingerprint density at radius 2 is 2.06 bits per heavy atom. The fourth-order valence-electron chi connectivity index (χ4n) is 2.95. The van der Waals surface area contributed by atoms with Gasteiger partial charge in [0.2, 0.25) is 0 Å². The maximum Gasteiger partial charge on any atom is 0.410 e. The smallest absolute Gasteiger partial charge is 0.410 e. The number of carbonyl (C=O) groups excluding carboxylic acids is 1. The van der Waals surface area contributed by atoms with E-state index in [0.29, 0.717) is 5.92 Å². The van der Waals surface area contributed by atoms with Gasteiger partial charge in [0.1, 0.15) is 5.60 Å². The molecule has 1 amide bonds. The van der Waals surface area contributed by atoms with Crippen molar-refractivity contribution in [3.05, 3.63) is 0 Å². The molecule has 2 rings (SSSR count). The highest BCUT2D eigenvalue weighted by Crippen LogP contribution is 2.29. The van der Waals surface area contributed by atoms with Gasteiger partial charge in [-0.2, -0.15) is 0 Å². The van der Waals surface area contributed by atoms with Crippen LogP contribution in [0.3, 0.4) is 0 Å². The van der Waals surface area contributed by atoms with Crippen LogP contribution in [-0.2, 0) is 4.74 Å². The van der Waals surface area contributed by atoms with E-state index in [9.17, 15) is 4.79 Å². The van der Waals surface area contributed by atoms with E-state index in [2.05, 4.69) is 5.32 Å².